The van der Waals surface area contributed by atoms with Gasteiger partial charge < -0.3 is 15.7 Å². The molecule has 0 bridgehead atoms. The van der Waals surface area contributed by atoms with Crippen LogP contribution in [0.4, 0.5) is 0 Å². The maximum absolute atomic E-state index is 11.6. The number of carboxylic acids is 1. The summed E-state index contributed by atoms with van der Waals surface area (Å²) >= 11 is 1.24. The van der Waals surface area contributed by atoms with Crippen molar-refractivity contribution in [1.29, 1.82) is 0 Å². The number of carbonyl (C=O) groups is 2. The number of amides is 1. The number of nitrogens with zero attached hydrogens (tertiary/aromatic N) is 1. The van der Waals surface area contributed by atoms with Crippen molar-refractivity contribution in [2.75, 3.05) is 13.6 Å². The molecule has 0 fully saturated rings. The van der Waals surface area contributed by atoms with E-state index in [2.05, 4.69) is 15.6 Å². The highest BCUT2D eigenvalue weighted by atomic mass is 32.1. The summed E-state index contributed by atoms with van der Waals surface area (Å²) in [4.78, 5) is 26.2. The molecule has 1 heterocycles. The SMILES string of the molecule is CNCCCC(=O)NC(C)c1nc(C(=O)O)cs1. The lowest BCUT2D eigenvalue weighted by Crippen LogP contribution is -2.27. The highest BCUT2D eigenvalue weighted by Crippen LogP contribution is 2.18. The Labute approximate surface area is 109 Å². The number of aromatic carboxylic acids is 1. The molecule has 1 rings (SSSR count). The first-order chi connectivity index (χ1) is 8.54. The van der Waals surface area contributed by atoms with Crippen LogP contribution in [-0.4, -0.2) is 35.6 Å². The molecule has 0 spiro atoms. The van der Waals surface area contributed by atoms with Crippen molar-refractivity contribution in [2.45, 2.75) is 25.8 Å². The predicted octanol–water partition coefficient (Wildman–Crippen LogP) is 1.02. The predicted molar refractivity (Wildman–Crippen MR) is 68.8 cm³/mol. The summed E-state index contributed by atoms with van der Waals surface area (Å²) in [5.74, 6) is -1.10. The fourth-order valence-electron chi connectivity index (χ4n) is 1.39. The van der Waals surface area contributed by atoms with Crippen molar-refractivity contribution in [2.24, 2.45) is 0 Å². The molecule has 18 heavy (non-hydrogen) atoms. The number of thiazole rings is 1. The second-order valence-electron chi connectivity index (χ2n) is 3.87. The van der Waals surface area contributed by atoms with Gasteiger partial charge in [0.05, 0.1) is 6.04 Å². The van der Waals surface area contributed by atoms with Crippen molar-refractivity contribution >= 4 is 23.2 Å². The first-order valence-corrected chi connectivity index (χ1v) is 6.55. The van der Waals surface area contributed by atoms with Crippen LogP contribution in [0.2, 0.25) is 0 Å². The number of rotatable bonds is 7. The third kappa shape index (κ3) is 4.42. The topological polar surface area (TPSA) is 91.3 Å². The summed E-state index contributed by atoms with van der Waals surface area (Å²) in [5.41, 5.74) is 0.0197. The lowest BCUT2D eigenvalue weighted by molar-refractivity contribution is -0.121. The zero-order chi connectivity index (χ0) is 13.5. The highest BCUT2D eigenvalue weighted by molar-refractivity contribution is 7.09. The van der Waals surface area contributed by atoms with Crippen LogP contribution in [-0.2, 0) is 4.79 Å². The van der Waals surface area contributed by atoms with Gasteiger partial charge in [0.15, 0.2) is 5.69 Å². The van der Waals surface area contributed by atoms with Crippen LogP contribution >= 0.6 is 11.3 Å². The van der Waals surface area contributed by atoms with Crippen molar-refractivity contribution in [3.63, 3.8) is 0 Å². The second-order valence-corrected chi connectivity index (χ2v) is 4.76. The molecule has 0 aromatic carbocycles. The van der Waals surface area contributed by atoms with E-state index in [0.29, 0.717) is 11.4 Å². The van der Waals surface area contributed by atoms with Crippen LogP contribution in [0.3, 0.4) is 0 Å². The first kappa shape index (κ1) is 14.6. The Morgan fingerprint density at radius 3 is 2.83 bits per heavy atom. The fourth-order valence-corrected chi connectivity index (χ4v) is 2.19. The Bertz CT molecular complexity index is 419. The number of nitrogens with one attached hydrogen (secondary N) is 2. The zero-order valence-electron chi connectivity index (χ0n) is 10.4. The van der Waals surface area contributed by atoms with E-state index in [-0.39, 0.29) is 17.6 Å². The first-order valence-electron chi connectivity index (χ1n) is 5.67. The molecule has 0 aliphatic heterocycles. The van der Waals surface area contributed by atoms with Crippen molar-refractivity contribution in [1.82, 2.24) is 15.6 Å². The van der Waals surface area contributed by atoms with Crippen molar-refractivity contribution in [3.05, 3.63) is 16.1 Å². The molecule has 0 aliphatic rings. The van der Waals surface area contributed by atoms with Crippen LogP contribution in [0.5, 0.6) is 0 Å². The molecule has 0 saturated heterocycles. The van der Waals surface area contributed by atoms with Gasteiger partial charge in [0.2, 0.25) is 5.91 Å². The van der Waals surface area contributed by atoms with E-state index < -0.39 is 5.97 Å². The van der Waals surface area contributed by atoms with Gasteiger partial charge in [-0.2, -0.15) is 0 Å². The zero-order valence-corrected chi connectivity index (χ0v) is 11.2. The van der Waals surface area contributed by atoms with Crippen LogP contribution in [0.1, 0.15) is 41.3 Å². The number of hydrogen-bond donors (Lipinski definition) is 3. The molecular weight excluding hydrogens is 254 g/mol. The van der Waals surface area contributed by atoms with E-state index in [1.54, 1.807) is 6.92 Å². The average Bonchev–Trinajstić information content (AvgIpc) is 2.78. The maximum atomic E-state index is 11.6. The summed E-state index contributed by atoms with van der Waals surface area (Å²) in [6, 6.07) is -0.259. The molecular formula is C11H17N3O3S. The smallest absolute Gasteiger partial charge is 0.355 e. The molecule has 1 aromatic heterocycles. The Hall–Kier alpha value is -1.47. The summed E-state index contributed by atoms with van der Waals surface area (Å²) in [5, 5.41) is 16.6. The minimum Gasteiger partial charge on any atom is -0.476 e. The summed E-state index contributed by atoms with van der Waals surface area (Å²) in [7, 11) is 1.84. The molecule has 1 atom stereocenters. The van der Waals surface area contributed by atoms with Crippen LogP contribution in [0.15, 0.2) is 5.38 Å². The molecule has 0 aliphatic carbocycles. The Balaban J connectivity index is 2.46. The number of aromatic nitrogens is 1. The molecule has 0 saturated carbocycles. The van der Waals surface area contributed by atoms with Gasteiger partial charge in [-0.15, -0.1) is 11.3 Å². The number of carbonyl (C=O) groups excluding carboxylic acids is 1. The van der Waals surface area contributed by atoms with Crippen LogP contribution in [0, 0.1) is 0 Å². The molecule has 0 radical (unpaired) electrons. The molecule has 3 N–H and O–H groups in total. The molecule has 6 nitrogen and oxygen atoms in total. The van der Waals surface area contributed by atoms with Crippen molar-refractivity contribution < 1.29 is 14.7 Å². The second kappa shape index (κ2) is 7.07. The average molecular weight is 271 g/mol. The maximum Gasteiger partial charge on any atom is 0.355 e. The van der Waals surface area contributed by atoms with E-state index >= 15 is 0 Å². The van der Waals surface area contributed by atoms with E-state index in [4.69, 9.17) is 5.11 Å². The highest BCUT2D eigenvalue weighted by Gasteiger charge is 2.15. The van der Waals surface area contributed by atoms with Crippen LogP contribution in [0.25, 0.3) is 0 Å². The van der Waals surface area contributed by atoms with Gasteiger partial charge in [-0.3, -0.25) is 4.79 Å². The standard InChI is InChI=1S/C11H17N3O3S/c1-7(13-9(15)4-3-5-12-2)10-14-8(6-18-10)11(16)17/h6-7,12H,3-5H2,1-2H3,(H,13,15)(H,16,17). The van der Waals surface area contributed by atoms with Gasteiger partial charge in [0.1, 0.15) is 5.01 Å². The van der Waals surface area contributed by atoms with Gasteiger partial charge in [0, 0.05) is 11.8 Å². The van der Waals surface area contributed by atoms with Gasteiger partial charge in [-0.1, -0.05) is 0 Å². The third-order valence-corrected chi connectivity index (χ3v) is 3.35. The Morgan fingerprint density at radius 1 is 1.56 bits per heavy atom. The molecule has 100 valence electrons. The monoisotopic (exact) mass is 271 g/mol. The van der Waals surface area contributed by atoms with E-state index in [9.17, 15) is 9.59 Å². The van der Waals surface area contributed by atoms with Crippen LogP contribution < -0.4 is 10.6 Å². The normalized spacial score (nSPS) is 12.1. The van der Waals surface area contributed by atoms with Gasteiger partial charge in [-0.25, -0.2) is 9.78 Å². The number of hydrogen-bond acceptors (Lipinski definition) is 5. The van der Waals surface area contributed by atoms with E-state index in [1.165, 1.54) is 16.7 Å². The summed E-state index contributed by atoms with van der Waals surface area (Å²) < 4.78 is 0. The van der Waals surface area contributed by atoms with Crippen molar-refractivity contribution in [3.8, 4) is 0 Å². The molecule has 7 heteroatoms. The largest absolute Gasteiger partial charge is 0.476 e. The lowest BCUT2D eigenvalue weighted by atomic mass is 10.2. The lowest BCUT2D eigenvalue weighted by Gasteiger charge is -2.10. The fraction of sp³-hybridized carbons (Fsp3) is 0.545. The van der Waals surface area contributed by atoms with E-state index in [0.717, 1.165) is 13.0 Å². The van der Waals surface area contributed by atoms with Gasteiger partial charge >= 0.3 is 5.97 Å². The summed E-state index contributed by atoms with van der Waals surface area (Å²) in [6.07, 6.45) is 1.22. The third-order valence-electron chi connectivity index (χ3n) is 2.32. The van der Waals surface area contributed by atoms with Gasteiger partial charge in [-0.05, 0) is 26.9 Å². The van der Waals surface area contributed by atoms with Gasteiger partial charge in [0.25, 0.3) is 0 Å². The van der Waals surface area contributed by atoms with E-state index in [1.807, 2.05) is 7.05 Å². The Kier molecular flexibility index (Phi) is 5.73. The molecule has 1 amide bonds. The molecule has 1 unspecified atom stereocenters. The molecule has 1 aromatic rings. The Morgan fingerprint density at radius 2 is 2.28 bits per heavy atom. The summed E-state index contributed by atoms with van der Waals surface area (Å²) in [6.45, 7) is 2.59. The quantitative estimate of drug-likeness (QED) is 0.644. The minimum atomic E-state index is -1.05. The minimum absolute atomic E-state index is 0.0197. The number of carboxylic acid groups (broad SMARTS) is 1.